The van der Waals surface area contributed by atoms with Crippen molar-refractivity contribution in [2.75, 3.05) is 0 Å². The molecule has 0 unspecified atom stereocenters. The smallest absolute Gasteiger partial charge is 0.198 e. The normalized spacial score (nSPS) is 12.6. The van der Waals surface area contributed by atoms with Crippen molar-refractivity contribution in [3.63, 3.8) is 0 Å². The van der Waals surface area contributed by atoms with Crippen LogP contribution in [-0.4, -0.2) is 11.6 Å². The third-order valence-corrected chi connectivity index (χ3v) is 5.85. The van der Waals surface area contributed by atoms with Crippen molar-refractivity contribution in [2.45, 2.75) is 0 Å². The molecule has 0 N–H and O–H groups in total. The molecule has 0 heterocycles. The standard InChI is InChI=1S/C28H16O3/c29-26-21-12-5-6-13-22(21)27(30)25-23(26)14-7-15-24(25)31-28-19-10-3-1-8-17(19)16-18-9-2-4-11-20(18)28/h1-16H. The minimum absolute atomic E-state index is 0.154. The summed E-state index contributed by atoms with van der Waals surface area (Å²) in [6.45, 7) is 0. The highest BCUT2D eigenvalue weighted by molar-refractivity contribution is 6.29. The van der Waals surface area contributed by atoms with E-state index in [9.17, 15) is 9.59 Å². The Morgan fingerprint density at radius 2 is 1.06 bits per heavy atom. The van der Waals surface area contributed by atoms with Crippen LogP contribution in [0.4, 0.5) is 0 Å². The number of rotatable bonds is 2. The number of fused-ring (bicyclic) bond motifs is 4. The van der Waals surface area contributed by atoms with Gasteiger partial charge < -0.3 is 4.74 Å². The molecule has 3 heteroatoms. The zero-order valence-corrected chi connectivity index (χ0v) is 16.5. The molecule has 0 aliphatic heterocycles. The van der Waals surface area contributed by atoms with Crippen LogP contribution >= 0.6 is 0 Å². The van der Waals surface area contributed by atoms with E-state index in [4.69, 9.17) is 4.74 Å². The predicted molar refractivity (Wildman–Crippen MR) is 121 cm³/mol. The van der Waals surface area contributed by atoms with Crippen molar-refractivity contribution >= 4 is 33.1 Å². The minimum atomic E-state index is -0.189. The molecule has 0 aromatic heterocycles. The van der Waals surface area contributed by atoms with E-state index in [1.165, 1.54) is 0 Å². The maximum Gasteiger partial charge on any atom is 0.198 e. The minimum Gasteiger partial charge on any atom is -0.455 e. The molecule has 0 atom stereocenters. The predicted octanol–water partition coefficient (Wildman–Crippen LogP) is 6.56. The van der Waals surface area contributed by atoms with Gasteiger partial charge in [-0.05, 0) is 22.9 Å². The van der Waals surface area contributed by atoms with Crippen molar-refractivity contribution in [3.05, 3.63) is 119 Å². The van der Waals surface area contributed by atoms with Gasteiger partial charge in [0.2, 0.25) is 0 Å². The van der Waals surface area contributed by atoms with Crippen molar-refractivity contribution < 1.29 is 14.3 Å². The maximum absolute atomic E-state index is 13.4. The highest BCUT2D eigenvalue weighted by atomic mass is 16.5. The molecule has 0 radical (unpaired) electrons. The lowest BCUT2D eigenvalue weighted by Gasteiger charge is -2.21. The molecule has 5 aromatic carbocycles. The third-order valence-electron chi connectivity index (χ3n) is 5.85. The Morgan fingerprint density at radius 3 is 1.74 bits per heavy atom. The van der Waals surface area contributed by atoms with Crippen LogP contribution in [0, 0.1) is 0 Å². The summed E-state index contributed by atoms with van der Waals surface area (Å²) in [6.07, 6.45) is 0. The summed E-state index contributed by atoms with van der Waals surface area (Å²) in [7, 11) is 0. The highest BCUT2D eigenvalue weighted by Crippen LogP contribution is 2.41. The molecule has 146 valence electrons. The molecule has 1 aliphatic carbocycles. The van der Waals surface area contributed by atoms with Gasteiger partial charge in [-0.15, -0.1) is 0 Å². The van der Waals surface area contributed by atoms with Crippen LogP contribution in [0.15, 0.2) is 97.1 Å². The number of carbonyl (C=O) groups is 2. The molecule has 31 heavy (non-hydrogen) atoms. The summed E-state index contributed by atoms with van der Waals surface area (Å²) in [5.41, 5.74) is 1.56. The fourth-order valence-electron chi connectivity index (χ4n) is 4.39. The summed E-state index contributed by atoms with van der Waals surface area (Å²) in [4.78, 5) is 26.4. The lowest BCUT2D eigenvalue weighted by Crippen LogP contribution is -2.21. The largest absolute Gasteiger partial charge is 0.455 e. The molecule has 0 bridgehead atoms. The monoisotopic (exact) mass is 400 g/mol. The molecule has 0 spiro atoms. The third kappa shape index (κ3) is 2.60. The van der Waals surface area contributed by atoms with Crippen LogP contribution in [0.3, 0.4) is 0 Å². The molecular weight excluding hydrogens is 384 g/mol. The summed E-state index contributed by atoms with van der Waals surface area (Å²) in [5, 5.41) is 4.00. The Bertz CT molecular complexity index is 1490. The first-order chi connectivity index (χ1) is 15.2. The van der Waals surface area contributed by atoms with Gasteiger partial charge in [0.05, 0.1) is 5.56 Å². The second kappa shape index (κ2) is 6.64. The molecular formula is C28H16O3. The molecule has 5 aromatic rings. The van der Waals surface area contributed by atoms with Crippen molar-refractivity contribution in [3.8, 4) is 11.5 Å². The topological polar surface area (TPSA) is 43.4 Å². The molecule has 1 aliphatic rings. The van der Waals surface area contributed by atoms with Gasteiger partial charge in [0.25, 0.3) is 0 Å². The fraction of sp³-hybridized carbons (Fsp3) is 0. The second-order valence-corrected chi connectivity index (χ2v) is 7.63. The zero-order chi connectivity index (χ0) is 20.9. The Balaban J connectivity index is 1.60. The van der Waals surface area contributed by atoms with Crippen molar-refractivity contribution in [1.82, 2.24) is 0 Å². The Morgan fingerprint density at radius 1 is 0.516 bits per heavy atom. The van der Waals surface area contributed by atoms with Gasteiger partial charge in [0.15, 0.2) is 11.6 Å². The average molecular weight is 400 g/mol. The Labute approximate surface area is 178 Å². The van der Waals surface area contributed by atoms with Crippen LogP contribution in [0.25, 0.3) is 21.5 Å². The van der Waals surface area contributed by atoms with Gasteiger partial charge in [-0.25, -0.2) is 0 Å². The quantitative estimate of drug-likeness (QED) is 0.309. The SMILES string of the molecule is O=C1c2ccccc2C(=O)c2c(Oc3c4ccccc4cc4ccccc34)cccc21. The summed E-state index contributed by atoms with van der Waals surface area (Å²) < 4.78 is 6.46. The summed E-state index contributed by atoms with van der Waals surface area (Å²) in [6, 6.07) is 30.3. The van der Waals surface area contributed by atoms with Gasteiger partial charge >= 0.3 is 0 Å². The Kier molecular flexibility index (Phi) is 3.77. The number of hydrogen-bond acceptors (Lipinski definition) is 3. The fourth-order valence-corrected chi connectivity index (χ4v) is 4.39. The number of hydrogen-bond donors (Lipinski definition) is 0. The molecule has 0 saturated carbocycles. The van der Waals surface area contributed by atoms with Crippen LogP contribution in [-0.2, 0) is 0 Å². The van der Waals surface area contributed by atoms with Crippen LogP contribution in [0.5, 0.6) is 11.5 Å². The molecule has 3 nitrogen and oxygen atoms in total. The molecule has 0 amide bonds. The lowest BCUT2D eigenvalue weighted by atomic mass is 9.83. The van der Waals surface area contributed by atoms with Crippen LogP contribution < -0.4 is 4.74 Å². The maximum atomic E-state index is 13.4. The van der Waals surface area contributed by atoms with E-state index in [1.807, 2.05) is 48.5 Å². The van der Waals surface area contributed by atoms with Gasteiger partial charge in [-0.3, -0.25) is 9.59 Å². The lowest BCUT2D eigenvalue weighted by molar-refractivity contribution is 0.0977. The number of ketones is 2. The van der Waals surface area contributed by atoms with Gasteiger partial charge in [-0.2, -0.15) is 0 Å². The van der Waals surface area contributed by atoms with Crippen LogP contribution in [0.1, 0.15) is 31.8 Å². The molecule has 0 saturated heterocycles. The molecule has 0 fully saturated rings. The second-order valence-electron chi connectivity index (χ2n) is 7.63. The number of ether oxygens (including phenoxy) is 1. The van der Waals surface area contributed by atoms with E-state index in [-0.39, 0.29) is 11.6 Å². The average Bonchev–Trinajstić information content (AvgIpc) is 2.82. The van der Waals surface area contributed by atoms with E-state index in [0.717, 1.165) is 21.5 Å². The summed E-state index contributed by atoms with van der Waals surface area (Å²) >= 11 is 0. The first-order valence-corrected chi connectivity index (χ1v) is 10.1. The Hall–Kier alpha value is -4.24. The van der Waals surface area contributed by atoms with E-state index in [0.29, 0.717) is 33.8 Å². The molecule has 6 rings (SSSR count). The van der Waals surface area contributed by atoms with Crippen LogP contribution in [0.2, 0.25) is 0 Å². The zero-order valence-electron chi connectivity index (χ0n) is 16.5. The highest BCUT2D eigenvalue weighted by Gasteiger charge is 2.32. The van der Waals surface area contributed by atoms with E-state index >= 15 is 0 Å². The summed E-state index contributed by atoms with van der Waals surface area (Å²) in [5.74, 6) is 0.733. The van der Waals surface area contributed by atoms with E-state index in [2.05, 4.69) is 6.07 Å². The van der Waals surface area contributed by atoms with Gasteiger partial charge in [0.1, 0.15) is 11.5 Å². The number of carbonyl (C=O) groups excluding carboxylic acids is 2. The van der Waals surface area contributed by atoms with Gasteiger partial charge in [0, 0.05) is 27.5 Å². The van der Waals surface area contributed by atoms with Crippen molar-refractivity contribution in [1.29, 1.82) is 0 Å². The van der Waals surface area contributed by atoms with E-state index < -0.39 is 0 Å². The first-order valence-electron chi connectivity index (χ1n) is 10.1. The first kappa shape index (κ1) is 17.6. The number of benzene rings is 5. The van der Waals surface area contributed by atoms with Gasteiger partial charge in [-0.1, -0.05) is 84.9 Å². The van der Waals surface area contributed by atoms with Crippen molar-refractivity contribution in [2.24, 2.45) is 0 Å². The van der Waals surface area contributed by atoms with E-state index in [1.54, 1.807) is 42.5 Å².